The molecule has 0 saturated carbocycles. The second kappa shape index (κ2) is 8.22. The van der Waals surface area contributed by atoms with Gasteiger partial charge in [0.15, 0.2) is 0 Å². The van der Waals surface area contributed by atoms with Gasteiger partial charge in [0, 0.05) is 25.7 Å². The van der Waals surface area contributed by atoms with Gasteiger partial charge in [0.05, 0.1) is 12.0 Å². The Labute approximate surface area is 127 Å². The molecule has 6 heteroatoms. The van der Waals surface area contributed by atoms with E-state index in [-0.39, 0.29) is 18.0 Å². The van der Waals surface area contributed by atoms with Crippen LogP contribution >= 0.6 is 0 Å². The molecule has 0 unspecified atom stereocenters. The Bertz CT molecular complexity index is 340. The number of hydrogen-bond donors (Lipinski definition) is 2. The molecule has 1 heterocycles. The van der Waals surface area contributed by atoms with Crippen LogP contribution in [0.2, 0.25) is 0 Å². The minimum absolute atomic E-state index is 0.0459. The second-order valence-corrected chi connectivity index (χ2v) is 5.63. The van der Waals surface area contributed by atoms with E-state index in [1.165, 1.54) is 0 Å². The third-order valence-corrected chi connectivity index (χ3v) is 4.58. The molecule has 0 aromatic carbocycles. The third-order valence-electron chi connectivity index (χ3n) is 4.58. The van der Waals surface area contributed by atoms with Gasteiger partial charge in [0.1, 0.15) is 0 Å². The number of rotatable bonds is 6. The van der Waals surface area contributed by atoms with Crippen LogP contribution in [0.5, 0.6) is 0 Å². The van der Waals surface area contributed by atoms with E-state index in [0.29, 0.717) is 26.2 Å². The molecule has 1 saturated heterocycles. The van der Waals surface area contributed by atoms with Crippen molar-refractivity contribution in [2.75, 3.05) is 26.2 Å². The summed E-state index contributed by atoms with van der Waals surface area (Å²) in [6.45, 7) is 7.80. The number of nitrogens with one attached hydrogen (secondary N) is 1. The minimum atomic E-state index is -0.460. The van der Waals surface area contributed by atoms with Crippen LogP contribution < -0.4 is 11.1 Å². The largest absolute Gasteiger partial charge is 0.450 e. The van der Waals surface area contributed by atoms with Crippen molar-refractivity contribution in [1.82, 2.24) is 10.2 Å². The fourth-order valence-electron chi connectivity index (χ4n) is 2.71. The van der Waals surface area contributed by atoms with Crippen LogP contribution in [0.4, 0.5) is 4.79 Å². The van der Waals surface area contributed by atoms with Gasteiger partial charge in [-0.2, -0.15) is 0 Å². The number of carbonyl (C=O) groups is 2. The van der Waals surface area contributed by atoms with Gasteiger partial charge < -0.3 is 20.7 Å². The summed E-state index contributed by atoms with van der Waals surface area (Å²) in [5.74, 6) is 0.0459. The SMILES string of the molecule is CCOC(=O)N1CCC(NC(=O)C(CC)(CC)CN)CC1. The Balaban J connectivity index is 2.48. The smallest absolute Gasteiger partial charge is 0.409 e. The van der Waals surface area contributed by atoms with E-state index < -0.39 is 5.41 Å². The van der Waals surface area contributed by atoms with E-state index in [4.69, 9.17) is 10.5 Å². The molecule has 1 aliphatic rings. The molecule has 1 aliphatic heterocycles. The Hall–Kier alpha value is -1.30. The van der Waals surface area contributed by atoms with Crippen molar-refractivity contribution < 1.29 is 14.3 Å². The number of nitrogens with two attached hydrogens (primary N) is 1. The van der Waals surface area contributed by atoms with Crippen LogP contribution in [-0.2, 0) is 9.53 Å². The van der Waals surface area contributed by atoms with E-state index in [0.717, 1.165) is 25.7 Å². The van der Waals surface area contributed by atoms with Crippen LogP contribution in [0.3, 0.4) is 0 Å². The van der Waals surface area contributed by atoms with E-state index in [1.807, 2.05) is 13.8 Å². The van der Waals surface area contributed by atoms with Crippen LogP contribution in [0.1, 0.15) is 46.5 Å². The maximum absolute atomic E-state index is 12.4. The van der Waals surface area contributed by atoms with Gasteiger partial charge in [-0.05, 0) is 32.6 Å². The highest BCUT2D eigenvalue weighted by Gasteiger charge is 2.35. The first-order chi connectivity index (χ1) is 10.0. The first-order valence-corrected chi connectivity index (χ1v) is 7.95. The number of amides is 2. The van der Waals surface area contributed by atoms with E-state index in [9.17, 15) is 9.59 Å². The molecule has 0 atom stereocenters. The lowest BCUT2D eigenvalue weighted by Crippen LogP contribution is -2.52. The predicted octanol–water partition coefficient (Wildman–Crippen LogP) is 1.49. The Morgan fingerprint density at radius 3 is 2.24 bits per heavy atom. The van der Waals surface area contributed by atoms with Gasteiger partial charge in [-0.3, -0.25) is 4.79 Å². The zero-order valence-electron chi connectivity index (χ0n) is 13.5. The minimum Gasteiger partial charge on any atom is -0.450 e. The zero-order chi connectivity index (χ0) is 15.9. The molecule has 0 aromatic heterocycles. The predicted molar refractivity (Wildman–Crippen MR) is 81.8 cm³/mol. The number of nitrogens with zero attached hydrogens (tertiary/aromatic N) is 1. The standard InChI is InChI=1S/C15H29N3O3/c1-4-15(5-2,11-16)13(19)17-12-7-9-18(10-8-12)14(20)21-6-3/h12H,4-11,16H2,1-3H3,(H,17,19). The number of likely N-dealkylation sites (tertiary alicyclic amines) is 1. The summed E-state index contributed by atoms with van der Waals surface area (Å²) < 4.78 is 4.99. The average molecular weight is 299 g/mol. The molecule has 0 bridgehead atoms. The highest BCUT2D eigenvalue weighted by molar-refractivity contribution is 5.83. The van der Waals surface area contributed by atoms with Crippen molar-refractivity contribution >= 4 is 12.0 Å². The van der Waals surface area contributed by atoms with Gasteiger partial charge in [-0.1, -0.05) is 13.8 Å². The maximum Gasteiger partial charge on any atom is 0.409 e. The van der Waals surface area contributed by atoms with Crippen molar-refractivity contribution in [2.24, 2.45) is 11.1 Å². The Morgan fingerprint density at radius 2 is 1.81 bits per heavy atom. The molecule has 0 aromatic rings. The molecule has 6 nitrogen and oxygen atoms in total. The molecule has 3 N–H and O–H groups in total. The van der Waals surface area contributed by atoms with Gasteiger partial charge in [0.2, 0.25) is 5.91 Å². The lowest BCUT2D eigenvalue weighted by molar-refractivity contribution is -0.132. The Kier molecular flexibility index (Phi) is 6.95. The molecule has 0 spiro atoms. The molecule has 21 heavy (non-hydrogen) atoms. The molecule has 2 amide bonds. The first kappa shape index (κ1) is 17.8. The van der Waals surface area contributed by atoms with Crippen molar-refractivity contribution in [3.8, 4) is 0 Å². The number of carbonyl (C=O) groups excluding carboxylic acids is 2. The molecule has 1 rings (SSSR count). The highest BCUT2D eigenvalue weighted by atomic mass is 16.6. The molecule has 0 radical (unpaired) electrons. The van der Waals surface area contributed by atoms with E-state index >= 15 is 0 Å². The lowest BCUT2D eigenvalue weighted by atomic mass is 9.81. The lowest BCUT2D eigenvalue weighted by Gasteiger charge is -2.35. The fraction of sp³-hybridized carbons (Fsp3) is 0.867. The quantitative estimate of drug-likeness (QED) is 0.778. The van der Waals surface area contributed by atoms with E-state index in [1.54, 1.807) is 11.8 Å². The molecular weight excluding hydrogens is 270 g/mol. The number of ether oxygens (including phenoxy) is 1. The Morgan fingerprint density at radius 1 is 1.24 bits per heavy atom. The van der Waals surface area contributed by atoms with Crippen LogP contribution in [0.25, 0.3) is 0 Å². The normalized spacial score (nSPS) is 16.7. The molecular formula is C15H29N3O3. The average Bonchev–Trinajstić information content (AvgIpc) is 2.50. The van der Waals surface area contributed by atoms with Crippen LogP contribution in [0, 0.1) is 5.41 Å². The summed E-state index contributed by atoms with van der Waals surface area (Å²) in [7, 11) is 0. The third kappa shape index (κ3) is 4.33. The van der Waals surface area contributed by atoms with Crippen molar-refractivity contribution in [3.63, 3.8) is 0 Å². The summed E-state index contributed by atoms with van der Waals surface area (Å²) in [4.78, 5) is 25.8. The van der Waals surface area contributed by atoms with E-state index in [2.05, 4.69) is 5.32 Å². The topological polar surface area (TPSA) is 84.7 Å². The van der Waals surface area contributed by atoms with Gasteiger partial charge >= 0.3 is 6.09 Å². The number of hydrogen-bond acceptors (Lipinski definition) is 4. The van der Waals surface area contributed by atoms with Crippen LogP contribution in [0.15, 0.2) is 0 Å². The van der Waals surface area contributed by atoms with Crippen molar-refractivity contribution in [3.05, 3.63) is 0 Å². The van der Waals surface area contributed by atoms with Crippen molar-refractivity contribution in [1.29, 1.82) is 0 Å². The van der Waals surface area contributed by atoms with Crippen molar-refractivity contribution in [2.45, 2.75) is 52.5 Å². The zero-order valence-corrected chi connectivity index (χ0v) is 13.5. The molecule has 0 aliphatic carbocycles. The summed E-state index contributed by atoms with van der Waals surface area (Å²) in [6, 6.07) is 0.118. The maximum atomic E-state index is 12.4. The first-order valence-electron chi connectivity index (χ1n) is 7.95. The molecule has 1 fully saturated rings. The van der Waals surface area contributed by atoms with Gasteiger partial charge in [-0.15, -0.1) is 0 Å². The fourth-order valence-corrected chi connectivity index (χ4v) is 2.71. The summed E-state index contributed by atoms with van der Waals surface area (Å²) in [6.07, 6.45) is 2.75. The number of piperidine rings is 1. The van der Waals surface area contributed by atoms with Crippen LogP contribution in [-0.4, -0.2) is 49.2 Å². The summed E-state index contributed by atoms with van der Waals surface area (Å²) >= 11 is 0. The summed E-state index contributed by atoms with van der Waals surface area (Å²) in [5, 5.41) is 3.11. The monoisotopic (exact) mass is 299 g/mol. The second-order valence-electron chi connectivity index (χ2n) is 5.63. The van der Waals surface area contributed by atoms with Gasteiger partial charge in [0.25, 0.3) is 0 Å². The van der Waals surface area contributed by atoms with Gasteiger partial charge in [-0.25, -0.2) is 4.79 Å². The summed E-state index contributed by atoms with van der Waals surface area (Å²) in [5.41, 5.74) is 5.34. The highest BCUT2D eigenvalue weighted by Crippen LogP contribution is 2.26. The molecule has 122 valence electrons.